The first kappa shape index (κ1) is 27.0. The van der Waals surface area contributed by atoms with Crippen molar-refractivity contribution in [3.05, 3.63) is 84.2 Å². The van der Waals surface area contributed by atoms with Gasteiger partial charge in [-0.05, 0) is 71.6 Å². The molecule has 0 aliphatic heterocycles. The Kier molecular flexibility index (Phi) is 8.57. The average Bonchev–Trinajstić information content (AvgIpc) is 2.85. The molecule has 0 unspecified atom stereocenters. The van der Waals surface area contributed by atoms with Gasteiger partial charge in [0, 0.05) is 0 Å². The highest BCUT2D eigenvalue weighted by molar-refractivity contribution is 7.92. The van der Waals surface area contributed by atoms with Crippen molar-refractivity contribution >= 4 is 21.6 Å². The summed E-state index contributed by atoms with van der Waals surface area (Å²) in [6.45, 7) is 6.29. The molecule has 0 aromatic heterocycles. The van der Waals surface area contributed by atoms with E-state index in [4.69, 9.17) is 9.47 Å². The molecule has 0 radical (unpaired) electrons. The highest BCUT2D eigenvalue weighted by Gasteiger charge is 2.27. The van der Waals surface area contributed by atoms with Gasteiger partial charge in [0.2, 0.25) is 5.91 Å². The van der Waals surface area contributed by atoms with Gasteiger partial charge in [0.15, 0.2) is 0 Å². The summed E-state index contributed by atoms with van der Waals surface area (Å²) in [5.74, 6) is 0.126. The van der Waals surface area contributed by atoms with Gasteiger partial charge in [-0.3, -0.25) is 9.10 Å². The van der Waals surface area contributed by atoms with Crippen LogP contribution in [-0.2, 0) is 20.2 Å². The van der Waals surface area contributed by atoms with Crippen LogP contribution in [0.25, 0.3) is 0 Å². The van der Waals surface area contributed by atoms with Gasteiger partial charge in [0.05, 0.1) is 24.2 Å². The van der Waals surface area contributed by atoms with E-state index in [2.05, 4.69) is 26.1 Å². The summed E-state index contributed by atoms with van der Waals surface area (Å²) in [7, 11) is -2.64. The van der Waals surface area contributed by atoms with Gasteiger partial charge in [-0.1, -0.05) is 32.9 Å². The second-order valence-electron chi connectivity index (χ2n) is 9.14. The Balaban J connectivity index is 1.66. The first-order chi connectivity index (χ1) is 17.0. The van der Waals surface area contributed by atoms with Gasteiger partial charge in [0.25, 0.3) is 10.0 Å². The maximum absolute atomic E-state index is 13.5. The molecule has 0 bridgehead atoms. The number of nitrogens with zero attached hydrogens (tertiary/aromatic N) is 1. The summed E-state index contributed by atoms with van der Waals surface area (Å²) in [4.78, 5) is 12.6. The average molecular weight is 515 g/mol. The lowest BCUT2D eigenvalue weighted by atomic mass is 9.87. The molecule has 3 aromatic rings. The van der Waals surface area contributed by atoms with Gasteiger partial charge in [-0.25, -0.2) is 12.8 Å². The normalized spacial score (nSPS) is 11.6. The summed E-state index contributed by atoms with van der Waals surface area (Å²) in [6.07, 6.45) is 0. The summed E-state index contributed by atoms with van der Waals surface area (Å²) in [5, 5.41) is 2.68. The number of hydrogen-bond acceptors (Lipinski definition) is 5. The number of rotatable bonds is 10. The predicted molar refractivity (Wildman–Crippen MR) is 138 cm³/mol. The third kappa shape index (κ3) is 6.97. The predicted octanol–water partition coefficient (Wildman–Crippen LogP) is 4.52. The van der Waals surface area contributed by atoms with Crippen molar-refractivity contribution in [1.82, 2.24) is 5.32 Å². The van der Waals surface area contributed by atoms with Crippen LogP contribution in [0.15, 0.2) is 77.7 Å². The number of halogens is 1. The Morgan fingerprint density at radius 2 is 1.50 bits per heavy atom. The number of sulfonamides is 1. The first-order valence-electron chi connectivity index (χ1n) is 11.4. The highest BCUT2D eigenvalue weighted by Crippen LogP contribution is 2.26. The molecular formula is C27H31FN2O5S. The molecule has 9 heteroatoms. The Morgan fingerprint density at radius 3 is 2.06 bits per heavy atom. The monoisotopic (exact) mass is 514 g/mol. The van der Waals surface area contributed by atoms with Gasteiger partial charge in [-0.2, -0.15) is 0 Å². The van der Waals surface area contributed by atoms with Crippen LogP contribution in [0.3, 0.4) is 0 Å². The fourth-order valence-corrected chi connectivity index (χ4v) is 4.82. The molecule has 0 saturated carbocycles. The van der Waals surface area contributed by atoms with Crippen molar-refractivity contribution in [2.24, 2.45) is 0 Å². The van der Waals surface area contributed by atoms with E-state index in [9.17, 15) is 17.6 Å². The van der Waals surface area contributed by atoms with E-state index >= 15 is 0 Å². The third-order valence-corrected chi connectivity index (χ3v) is 7.25. The van der Waals surface area contributed by atoms with Crippen LogP contribution >= 0.6 is 0 Å². The van der Waals surface area contributed by atoms with Crippen LogP contribution in [0, 0.1) is 5.82 Å². The Morgan fingerprint density at radius 1 is 0.917 bits per heavy atom. The molecule has 3 rings (SSSR count). The molecule has 0 atom stereocenters. The minimum absolute atomic E-state index is 0.0255. The minimum Gasteiger partial charge on any atom is -0.497 e. The van der Waals surface area contributed by atoms with Crippen LogP contribution in [0.1, 0.15) is 26.3 Å². The molecule has 0 spiro atoms. The van der Waals surface area contributed by atoms with Crippen molar-refractivity contribution in [3.8, 4) is 11.5 Å². The molecule has 1 N–H and O–H groups in total. The van der Waals surface area contributed by atoms with Crippen LogP contribution in [0.5, 0.6) is 11.5 Å². The molecule has 7 nitrogen and oxygen atoms in total. The van der Waals surface area contributed by atoms with E-state index in [-0.39, 0.29) is 29.1 Å². The largest absolute Gasteiger partial charge is 0.497 e. The van der Waals surface area contributed by atoms with Crippen molar-refractivity contribution < 1.29 is 27.1 Å². The first-order valence-corrected chi connectivity index (χ1v) is 12.9. The molecule has 0 aliphatic rings. The fraction of sp³-hybridized carbons (Fsp3) is 0.296. The number of anilines is 1. The van der Waals surface area contributed by atoms with Crippen molar-refractivity contribution in [2.75, 3.05) is 31.1 Å². The van der Waals surface area contributed by atoms with Crippen LogP contribution in [-0.4, -0.2) is 41.1 Å². The van der Waals surface area contributed by atoms with Gasteiger partial charge in [-0.15, -0.1) is 0 Å². The number of hydrogen-bond donors (Lipinski definition) is 1. The highest BCUT2D eigenvalue weighted by atomic mass is 32.2. The van der Waals surface area contributed by atoms with Crippen LogP contribution < -0.4 is 19.1 Å². The van der Waals surface area contributed by atoms with Gasteiger partial charge in [0.1, 0.15) is 30.5 Å². The van der Waals surface area contributed by atoms with E-state index in [0.717, 1.165) is 16.4 Å². The lowest BCUT2D eigenvalue weighted by molar-refractivity contribution is -0.119. The van der Waals surface area contributed by atoms with Crippen molar-refractivity contribution in [1.29, 1.82) is 0 Å². The lowest BCUT2D eigenvalue weighted by Gasteiger charge is -2.24. The summed E-state index contributed by atoms with van der Waals surface area (Å²) >= 11 is 0. The zero-order valence-electron chi connectivity index (χ0n) is 20.8. The Bertz CT molecular complexity index is 1250. The second kappa shape index (κ2) is 11.4. The summed E-state index contributed by atoms with van der Waals surface area (Å²) in [6, 6.07) is 18.5. The Labute approximate surface area is 211 Å². The second-order valence-corrected chi connectivity index (χ2v) is 11.0. The summed E-state index contributed by atoms with van der Waals surface area (Å²) < 4.78 is 51.9. The molecule has 0 saturated heterocycles. The smallest absolute Gasteiger partial charge is 0.264 e. The fourth-order valence-electron chi connectivity index (χ4n) is 3.39. The van der Waals surface area contributed by atoms with Gasteiger partial charge < -0.3 is 14.8 Å². The van der Waals surface area contributed by atoms with Crippen molar-refractivity contribution in [3.63, 3.8) is 0 Å². The molecule has 1 amide bonds. The van der Waals surface area contributed by atoms with Crippen LogP contribution in [0.2, 0.25) is 0 Å². The van der Waals surface area contributed by atoms with Crippen LogP contribution in [0.4, 0.5) is 10.1 Å². The van der Waals surface area contributed by atoms with E-state index in [0.29, 0.717) is 11.5 Å². The maximum Gasteiger partial charge on any atom is 0.264 e. The number of carbonyl (C=O) groups excluding carboxylic acids is 1. The standard InChI is InChI=1S/C27H31FN2O5S/c1-27(2,3)20-5-11-24(12-6-20)35-18-17-29-26(31)19-30(22-9-7-21(28)8-10-22)36(32,33)25-15-13-23(34-4)14-16-25/h5-16H,17-19H2,1-4H3,(H,29,31). The minimum atomic E-state index is -4.11. The SMILES string of the molecule is COc1ccc(S(=O)(=O)N(CC(=O)NCCOc2ccc(C(C)(C)C)cc2)c2ccc(F)cc2)cc1. The molecule has 0 aliphatic carbocycles. The number of amides is 1. The van der Waals surface area contributed by atoms with E-state index in [1.54, 1.807) is 0 Å². The molecule has 3 aromatic carbocycles. The zero-order valence-corrected chi connectivity index (χ0v) is 21.6. The van der Waals surface area contributed by atoms with Gasteiger partial charge >= 0.3 is 0 Å². The van der Waals surface area contributed by atoms with E-state index in [1.807, 2.05) is 24.3 Å². The van der Waals surface area contributed by atoms with Crippen molar-refractivity contribution in [2.45, 2.75) is 31.1 Å². The molecular weight excluding hydrogens is 483 g/mol. The molecule has 0 heterocycles. The molecule has 192 valence electrons. The summed E-state index contributed by atoms with van der Waals surface area (Å²) in [5.41, 5.74) is 1.38. The third-order valence-electron chi connectivity index (χ3n) is 5.46. The number of carbonyl (C=O) groups is 1. The number of methoxy groups -OCH3 is 1. The maximum atomic E-state index is 13.5. The topological polar surface area (TPSA) is 84.9 Å². The zero-order chi connectivity index (χ0) is 26.3. The number of nitrogens with one attached hydrogen (secondary N) is 1. The number of benzene rings is 3. The Hall–Kier alpha value is -3.59. The number of ether oxygens (including phenoxy) is 2. The molecule has 36 heavy (non-hydrogen) atoms. The van der Waals surface area contributed by atoms with E-state index in [1.165, 1.54) is 49.1 Å². The quantitative estimate of drug-likeness (QED) is 0.402. The lowest BCUT2D eigenvalue weighted by Crippen LogP contribution is -2.41. The van der Waals surface area contributed by atoms with E-state index < -0.39 is 28.3 Å². The molecule has 0 fully saturated rings.